The number of amides is 1. The minimum absolute atomic E-state index is 0.0287. The highest BCUT2D eigenvalue weighted by Gasteiger charge is 2.27. The summed E-state index contributed by atoms with van der Waals surface area (Å²) >= 11 is 1.49. The smallest absolute Gasteiger partial charge is 0.303 e. The number of hydrogen-bond acceptors (Lipinski definition) is 5. The summed E-state index contributed by atoms with van der Waals surface area (Å²) in [6, 6.07) is 15.7. The van der Waals surface area contributed by atoms with Crippen LogP contribution in [-0.2, 0) is 11.2 Å². The molecule has 0 unspecified atom stereocenters. The van der Waals surface area contributed by atoms with Gasteiger partial charge < -0.3 is 19.5 Å². The van der Waals surface area contributed by atoms with Crippen LogP contribution >= 0.6 is 11.3 Å². The summed E-state index contributed by atoms with van der Waals surface area (Å²) in [5, 5.41) is 9.76. The Balaban J connectivity index is 1.39. The third kappa shape index (κ3) is 5.89. The van der Waals surface area contributed by atoms with E-state index < -0.39 is 5.97 Å². The van der Waals surface area contributed by atoms with Gasteiger partial charge in [0.1, 0.15) is 23.8 Å². The van der Waals surface area contributed by atoms with Gasteiger partial charge in [-0.1, -0.05) is 43.5 Å². The number of carboxylic acid groups (broad SMARTS) is 1. The number of hydrogen-bond donors (Lipinski definition) is 1. The monoisotopic (exact) mass is 481 g/mol. The van der Waals surface area contributed by atoms with Crippen LogP contribution in [-0.4, -0.2) is 48.2 Å². The van der Waals surface area contributed by atoms with Crippen LogP contribution in [0.15, 0.2) is 48.5 Å². The number of rotatable bonds is 10. The summed E-state index contributed by atoms with van der Waals surface area (Å²) in [6.45, 7) is 0.652. The molecule has 6 nitrogen and oxygen atoms in total. The molecule has 1 aliphatic rings. The largest absolute Gasteiger partial charge is 0.490 e. The molecule has 1 amide bonds. The lowest BCUT2D eigenvalue weighted by molar-refractivity contribution is -0.136. The molecular formula is C27H31NO5S. The Labute approximate surface area is 204 Å². The van der Waals surface area contributed by atoms with Crippen molar-refractivity contribution >= 4 is 33.3 Å². The number of carbonyl (C=O) groups is 2. The molecule has 1 N–H and O–H groups in total. The van der Waals surface area contributed by atoms with Crippen LogP contribution in [0.2, 0.25) is 0 Å². The molecule has 4 rings (SSSR count). The standard InChI is InChI=1S/C27H31NO5S/c1-28(20-7-3-2-4-8-20)27(31)26-25(22-9-5-6-10-23(22)34-26)33-18-17-32-21-14-11-19(12-15-21)13-16-24(29)30/h5-6,9-12,14-15,20H,2-4,7-8,13,16-18H2,1H3,(H,29,30). The fraction of sp³-hybridized carbons (Fsp3) is 0.407. The minimum atomic E-state index is -0.804. The lowest BCUT2D eigenvalue weighted by Gasteiger charge is -2.31. The molecule has 7 heteroatoms. The minimum Gasteiger partial charge on any atom is -0.490 e. The molecule has 0 radical (unpaired) electrons. The Morgan fingerprint density at radius 3 is 2.44 bits per heavy atom. The van der Waals surface area contributed by atoms with E-state index in [1.165, 1.54) is 30.6 Å². The van der Waals surface area contributed by atoms with E-state index in [4.69, 9.17) is 14.6 Å². The highest BCUT2D eigenvalue weighted by atomic mass is 32.1. The molecule has 0 bridgehead atoms. The molecule has 2 aromatic carbocycles. The van der Waals surface area contributed by atoms with Gasteiger partial charge >= 0.3 is 5.97 Å². The molecule has 1 aliphatic carbocycles. The molecule has 1 heterocycles. The zero-order chi connectivity index (χ0) is 23.9. The maximum absolute atomic E-state index is 13.4. The van der Waals surface area contributed by atoms with Crippen molar-refractivity contribution in [2.45, 2.75) is 51.0 Å². The van der Waals surface area contributed by atoms with Crippen molar-refractivity contribution in [1.82, 2.24) is 4.90 Å². The third-order valence-corrected chi connectivity index (χ3v) is 7.48. The molecule has 0 spiro atoms. The summed E-state index contributed by atoms with van der Waals surface area (Å²) in [5.41, 5.74) is 0.959. The Kier molecular flexibility index (Phi) is 8.06. The van der Waals surface area contributed by atoms with Crippen LogP contribution < -0.4 is 9.47 Å². The van der Waals surface area contributed by atoms with E-state index in [9.17, 15) is 9.59 Å². The average molecular weight is 482 g/mol. The molecule has 0 saturated heterocycles. The molecular weight excluding hydrogens is 450 g/mol. The van der Waals surface area contributed by atoms with Gasteiger partial charge in [-0.15, -0.1) is 11.3 Å². The second kappa shape index (κ2) is 11.4. The average Bonchev–Trinajstić information content (AvgIpc) is 3.24. The predicted molar refractivity (Wildman–Crippen MR) is 134 cm³/mol. The zero-order valence-electron chi connectivity index (χ0n) is 19.5. The lowest BCUT2D eigenvalue weighted by Crippen LogP contribution is -2.38. The first kappa shape index (κ1) is 24.1. The van der Waals surface area contributed by atoms with Crippen molar-refractivity contribution in [3.05, 3.63) is 59.0 Å². The van der Waals surface area contributed by atoms with Crippen LogP contribution in [0, 0.1) is 0 Å². The molecule has 1 fully saturated rings. The highest BCUT2D eigenvalue weighted by Crippen LogP contribution is 2.39. The third-order valence-electron chi connectivity index (χ3n) is 6.34. The molecule has 0 aliphatic heterocycles. The van der Waals surface area contributed by atoms with Crippen LogP contribution in [0.3, 0.4) is 0 Å². The molecule has 1 saturated carbocycles. The van der Waals surface area contributed by atoms with E-state index in [1.807, 2.05) is 60.5 Å². The number of thiophene rings is 1. The van der Waals surface area contributed by atoms with Crippen LogP contribution in [0.25, 0.3) is 10.1 Å². The van der Waals surface area contributed by atoms with Crippen molar-refractivity contribution in [1.29, 1.82) is 0 Å². The van der Waals surface area contributed by atoms with Gasteiger partial charge in [0.05, 0.1) is 0 Å². The maximum Gasteiger partial charge on any atom is 0.303 e. The molecule has 1 aromatic heterocycles. The van der Waals surface area contributed by atoms with Crippen molar-refractivity contribution in [2.24, 2.45) is 0 Å². The predicted octanol–water partition coefficient (Wildman–Crippen LogP) is 5.78. The summed E-state index contributed by atoms with van der Waals surface area (Å²) in [7, 11) is 1.91. The quantitative estimate of drug-likeness (QED) is 0.372. The van der Waals surface area contributed by atoms with Crippen molar-refractivity contribution in [3.63, 3.8) is 0 Å². The van der Waals surface area contributed by atoms with Crippen LogP contribution in [0.4, 0.5) is 0 Å². The fourth-order valence-corrected chi connectivity index (χ4v) is 5.54. The number of carbonyl (C=O) groups excluding carboxylic acids is 1. The number of ether oxygens (including phenoxy) is 2. The number of aryl methyl sites for hydroxylation is 1. The number of carboxylic acids is 1. The molecule has 34 heavy (non-hydrogen) atoms. The summed E-state index contributed by atoms with van der Waals surface area (Å²) in [4.78, 5) is 26.7. The van der Waals surface area contributed by atoms with Gasteiger partial charge in [-0.25, -0.2) is 0 Å². The molecule has 0 atom stereocenters. The lowest BCUT2D eigenvalue weighted by atomic mass is 9.94. The maximum atomic E-state index is 13.4. The second-order valence-corrected chi connectivity index (χ2v) is 9.75. The highest BCUT2D eigenvalue weighted by molar-refractivity contribution is 7.21. The molecule has 180 valence electrons. The van der Waals surface area contributed by atoms with Crippen molar-refractivity contribution in [3.8, 4) is 11.5 Å². The van der Waals surface area contributed by atoms with Gasteiger partial charge in [0.25, 0.3) is 5.91 Å². The van der Waals surface area contributed by atoms with Crippen molar-refractivity contribution < 1.29 is 24.2 Å². The second-order valence-electron chi connectivity index (χ2n) is 8.70. The van der Waals surface area contributed by atoms with Gasteiger partial charge in [-0.3, -0.25) is 9.59 Å². The fourth-order valence-electron chi connectivity index (χ4n) is 4.41. The van der Waals surface area contributed by atoms with E-state index in [1.54, 1.807) is 0 Å². The SMILES string of the molecule is CN(C(=O)c1sc2ccccc2c1OCCOc1ccc(CCC(=O)O)cc1)C1CCCCC1. The number of fused-ring (bicyclic) bond motifs is 1. The first-order chi connectivity index (χ1) is 16.5. The van der Waals surface area contributed by atoms with E-state index in [0.29, 0.717) is 42.1 Å². The van der Waals surface area contributed by atoms with E-state index in [2.05, 4.69) is 0 Å². The normalized spacial score (nSPS) is 14.1. The zero-order valence-corrected chi connectivity index (χ0v) is 20.3. The Morgan fingerprint density at radius 1 is 1.00 bits per heavy atom. The van der Waals surface area contributed by atoms with Gasteiger partial charge in [-0.05, 0) is 49.1 Å². The van der Waals surface area contributed by atoms with Gasteiger partial charge in [0.2, 0.25) is 0 Å². The first-order valence-electron chi connectivity index (χ1n) is 11.9. The van der Waals surface area contributed by atoms with Gasteiger partial charge in [0, 0.05) is 29.6 Å². The summed E-state index contributed by atoms with van der Waals surface area (Å²) < 4.78 is 13.0. The summed E-state index contributed by atoms with van der Waals surface area (Å²) in [6.07, 6.45) is 6.33. The molecule has 3 aromatic rings. The summed E-state index contributed by atoms with van der Waals surface area (Å²) in [5.74, 6) is 0.564. The van der Waals surface area contributed by atoms with Crippen LogP contribution in [0.1, 0.15) is 53.8 Å². The Bertz CT molecular complexity index is 1120. The van der Waals surface area contributed by atoms with Crippen molar-refractivity contribution in [2.75, 3.05) is 20.3 Å². The number of nitrogens with zero attached hydrogens (tertiary/aromatic N) is 1. The Hall–Kier alpha value is -3.06. The van der Waals surface area contributed by atoms with E-state index >= 15 is 0 Å². The van der Waals surface area contributed by atoms with E-state index in [-0.39, 0.29) is 12.3 Å². The number of benzene rings is 2. The van der Waals surface area contributed by atoms with Gasteiger partial charge in [0.15, 0.2) is 5.75 Å². The van der Waals surface area contributed by atoms with E-state index in [0.717, 1.165) is 28.5 Å². The number of aliphatic carboxylic acids is 1. The topological polar surface area (TPSA) is 76.1 Å². The first-order valence-corrected chi connectivity index (χ1v) is 12.7. The van der Waals surface area contributed by atoms with Crippen LogP contribution in [0.5, 0.6) is 11.5 Å². The Morgan fingerprint density at radius 2 is 1.71 bits per heavy atom. The van der Waals surface area contributed by atoms with Gasteiger partial charge in [-0.2, -0.15) is 0 Å².